The highest BCUT2D eigenvalue weighted by molar-refractivity contribution is 7.99. The highest BCUT2D eigenvalue weighted by atomic mass is 32.2. The summed E-state index contributed by atoms with van der Waals surface area (Å²) in [5.74, 6) is 0.289. The Bertz CT molecular complexity index is 1320. The molecule has 1 aliphatic rings. The number of aromatic nitrogens is 3. The molecular formula is C23H22N4O2S. The number of anilines is 1. The average Bonchev–Trinajstić information content (AvgIpc) is 3.16. The van der Waals surface area contributed by atoms with Gasteiger partial charge in [-0.25, -0.2) is 4.98 Å². The van der Waals surface area contributed by atoms with Crippen LogP contribution in [0.15, 0.2) is 58.5 Å². The molecule has 0 saturated carbocycles. The van der Waals surface area contributed by atoms with Crippen molar-refractivity contribution in [2.24, 2.45) is 0 Å². The first-order valence-corrected chi connectivity index (χ1v) is 11.2. The molecule has 0 spiro atoms. The van der Waals surface area contributed by atoms with Crippen LogP contribution in [-0.4, -0.2) is 32.7 Å². The van der Waals surface area contributed by atoms with Gasteiger partial charge in [0.05, 0.1) is 5.75 Å². The van der Waals surface area contributed by atoms with Gasteiger partial charge in [-0.15, -0.1) is 0 Å². The zero-order chi connectivity index (χ0) is 20.7. The molecule has 0 atom stereocenters. The van der Waals surface area contributed by atoms with E-state index in [1.165, 1.54) is 17.3 Å². The van der Waals surface area contributed by atoms with E-state index in [4.69, 9.17) is 4.98 Å². The van der Waals surface area contributed by atoms with Crippen LogP contribution < -0.4 is 10.5 Å². The Hall–Kier alpha value is -3.06. The molecule has 1 aliphatic heterocycles. The van der Waals surface area contributed by atoms with Gasteiger partial charge in [-0.2, -0.15) is 0 Å². The molecule has 3 heterocycles. The van der Waals surface area contributed by atoms with Gasteiger partial charge in [0.2, 0.25) is 5.91 Å². The number of rotatable bonds is 4. The second kappa shape index (κ2) is 7.65. The van der Waals surface area contributed by atoms with E-state index in [1.54, 1.807) is 4.57 Å². The molecular weight excluding hydrogens is 396 g/mol. The highest BCUT2D eigenvalue weighted by Gasteiger charge is 2.23. The molecule has 2 aromatic heterocycles. The smallest absolute Gasteiger partial charge is 0.278 e. The molecule has 6 nitrogen and oxygen atoms in total. The van der Waals surface area contributed by atoms with Crippen LogP contribution in [0.4, 0.5) is 5.69 Å². The summed E-state index contributed by atoms with van der Waals surface area (Å²) in [6.07, 6.45) is 1.97. The molecule has 0 fully saturated rings. The number of aromatic amines is 1. The monoisotopic (exact) mass is 418 g/mol. The highest BCUT2D eigenvalue weighted by Crippen LogP contribution is 2.29. The van der Waals surface area contributed by atoms with Crippen LogP contribution >= 0.6 is 11.8 Å². The second-order valence-corrected chi connectivity index (χ2v) is 8.35. The first-order valence-electron chi connectivity index (χ1n) is 10.2. The number of thioether (sulfide) groups is 1. The number of amides is 1. The van der Waals surface area contributed by atoms with E-state index in [1.807, 2.05) is 54.3 Å². The number of fused-ring (bicyclic) bond motifs is 4. The van der Waals surface area contributed by atoms with E-state index in [0.29, 0.717) is 22.7 Å². The van der Waals surface area contributed by atoms with Crippen LogP contribution in [0.25, 0.3) is 21.9 Å². The fourth-order valence-corrected chi connectivity index (χ4v) is 5.09. The number of benzene rings is 2. The lowest BCUT2D eigenvalue weighted by molar-refractivity contribution is -0.116. The zero-order valence-electron chi connectivity index (χ0n) is 16.7. The molecule has 0 radical (unpaired) electrons. The van der Waals surface area contributed by atoms with Crippen molar-refractivity contribution in [3.63, 3.8) is 0 Å². The maximum atomic E-state index is 13.0. The molecule has 0 unspecified atom stereocenters. The summed E-state index contributed by atoms with van der Waals surface area (Å²) >= 11 is 1.34. The number of nitrogens with zero attached hydrogens (tertiary/aromatic N) is 3. The molecule has 30 heavy (non-hydrogen) atoms. The van der Waals surface area contributed by atoms with Gasteiger partial charge in [0.25, 0.3) is 5.56 Å². The third-order valence-corrected chi connectivity index (χ3v) is 6.59. The van der Waals surface area contributed by atoms with Crippen LogP contribution in [0.1, 0.15) is 18.9 Å². The number of nitrogens with one attached hydrogen (secondary N) is 1. The number of H-pyrrole nitrogens is 1. The van der Waals surface area contributed by atoms with Gasteiger partial charge in [0.15, 0.2) is 5.16 Å². The molecule has 7 heteroatoms. The Balaban J connectivity index is 1.48. The number of carbonyl (C=O) groups excluding carboxylic acids is 1. The first-order chi connectivity index (χ1) is 14.7. The summed E-state index contributed by atoms with van der Waals surface area (Å²) < 4.78 is 1.64. The zero-order valence-corrected chi connectivity index (χ0v) is 17.5. The largest absolute Gasteiger partial charge is 0.349 e. The number of para-hydroxylation sites is 2. The predicted octanol–water partition coefficient (Wildman–Crippen LogP) is 3.97. The van der Waals surface area contributed by atoms with Crippen molar-refractivity contribution < 1.29 is 4.79 Å². The number of carbonyl (C=O) groups is 1. The van der Waals surface area contributed by atoms with Crippen molar-refractivity contribution in [3.05, 3.63) is 64.4 Å². The van der Waals surface area contributed by atoms with E-state index in [9.17, 15) is 9.59 Å². The van der Waals surface area contributed by atoms with E-state index in [-0.39, 0.29) is 17.2 Å². The summed E-state index contributed by atoms with van der Waals surface area (Å²) in [4.78, 5) is 35.9. The average molecular weight is 419 g/mol. The van der Waals surface area contributed by atoms with Crippen LogP contribution in [0.2, 0.25) is 0 Å². The van der Waals surface area contributed by atoms with Crippen LogP contribution in [0.3, 0.4) is 0 Å². The lowest BCUT2D eigenvalue weighted by atomic mass is 10.0. The number of aryl methyl sites for hydroxylation is 1. The molecule has 0 aliphatic carbocycles. The van der Waals surface area contributed by atoms with Gasteiger partial charge in [-0.05, 0) is 37.5 Å². The molecule has 152 valence electrons. The van der Waals surface area contributed by atoms with Crippen molar-refractivity contribution in [3.8, 4) is 0 Å². The lowest BCUT2D eigenvalue weighted by Gasteiger charge is -2.29. The van der Waals surface area contributed by atoms with Gasteiger partial charge in [0.1, 0.15) is 11.0 Å². The molecule has 0 saturated heterocycles. The summed E-state index contributed by atoms with van der Waals surface area (Å²) in [6.45, 7) is 3.15. The molecule has 4 aromatic rings. The SMILES string of the molecule is CCn1c(SCC(=O)N2CCCc3ccccc32)nc2c([nH]c3ccccc32)c1=O. The van der Waals surface area contributed by atoms with E-state index >= 15 is 0 Å². The van der Waals surface area contributed by atoms with Gasteiger partial charge in [-0.1, -0.05) is 48.2 Å². The van der Waals surface area contributed by atoms with E-state index in [2.05, 4.69) is 11.1 Å². The summed E-state index contributed by atoms with van der Waals surface area (Å²) in [5, 5.41) is 1.50. The fourth-order valence-electron chi connectivity index (χ4n) is 4.16. The van der Waals surface area contributed by atoms with Crippen LogP contribution in [0, 0.1) is 0 Å². The maximum Gasteiger partial charge on any atom is 0.278 e. The lowest BCUT2D eigenvalue weighted by Crippen LogP contribution is -2.36. The first kappa shape index (κ1) is 18.9. The Labute approximate surface area is 177 Å². The van der Waals surface area contributed by atoms with Gasteiger partial charge in [-0.3, -0.25) is 14.2 Å². The predicted molar refractivity (Wildman–Crippen MR) is 121 cm³/mol. The van der Waals surface area contributed by atoms with Crippen molar-refractivity contribution in [2.75, 3.05) is 17.2 Å². The second-order valence-electron chi connectivity index (χ2n) is 7.40. The van der Waals surface area contributed by atoms with Crippen LogP contribution in [-0.2, 0) is 17.8 Å². The summed E-state index contributed by atoms with van der Waals surface area (Å²) in [7, 11) is 0. The molecule has 1 N–H and O–H groups in total. The number of hydrogen-bond acceptors (Lipinski definition) is 4. The Morgan fingerprint density at radius 1 is 1.17 bits per heavy atom. The standard InChI is InChI=1S/C23H22N4O2S/c1-2-26-22(29)21-20(16-10-4-5-11-17(16)24-21)25-23(26)30-14-19(28)27-13-7-9-15-8-3-6-12-18(15)27/h3-6,8,10-12,24H,2,7,9,13-14H2,1H3. The Kier molecular flexibility index (Phi) is 4.83. The summed E-state index contributed by atoms with van der Waals surface area (Å²) in [5.41, 5.74) is 4.19. The normalized spacial score (nSPS) is 13.7. The topological polar surface area (TPSA) is 71.0 Å². The number of hydrogen-bond donors (Lipinski definition) is 1. The van der Waals surface area contributed by atoms with Gasteiger partial charge in [0, 0.05) is 29.7 Å². The van der Waals surface area contributed by atoms with Crippen LogP contribution in [0.5, 0.6) is 0 Å². The van der Waals surface area contributed by atoms with E-state index in [0.717, 1.165) is 36.0 Å². The van der Waals surface area contributed by atoms with Crippen molar-refractivity contribution in [1.29, 1.82) is 0 Å². The fraction of sp³-hybridized carbons (Fsp3) is 0.261. The quantitative estimate of drug-likeness (QED) is 0.402. The molecule has 5 rings (SSSR count). The third kappa shape index (κ3) is 3.10. The summed E-state index contributed by atoms with van der Waals surface area (Å²) in [6, 6.07) is 15.9. The van der Waals surface area contributed by atoms with Gasteiger partial charge < -0.3 is 9.88 Å². The van der Waals surface area contributed by atoms with Crippen molar-refractivity contribution in [2.45, 2.75) is 31.5 Å². The molecule has 1 amide bonds. The minimum absolute atomic E-state index is 0.0445. The Morgan fingerprint density at radius 2 is 1.97 bits per heavy atom. The van der Waals surface area contributed by atoms with Gasteiger partial charge >= 0.3 is 0 Å². The molecule has 2 aromatic carbocycles. The third-order valence-electron chi connectivity index (χ3n) is 5.63. The Morgan fingerprint density at radius 3 is 2.83 bits per heavy atom. The maximum absolute atomic E-state index is 13.0. The van der Waals surface area contributed by atoms with Crippen molar-refractivity contribution >= 4 is 45.3 Å². The molecule has 0 bridgehead atoms. The van der Waals surface area contributed by atoms with E-state index < -0.39 is 0 Å². The minimum Gasteiger partial charge on any atom is -0.349 e. The minimum atomic E-state index is -0.100. The van der Waals surface area contributed by atoms with Crippen molar-refractivity contribution in [1.82, 2.24) is 14.5 Å².